The van der Waals surface area contributed by atoms with Crippen molar-refractivity contribution in [2.45, 2.75) is 64.1 Å². The number of likely N-dealkylation sites (tertiary alicyclic amines) is 1. The molecule has 3 aliphatic rings. The molecule has 1 aromatic heterocycles. The number of nitrogens with zero attached hydrogens (tertiary/aromatic N) is 5. The van der Waals surface area contributed by atoms with E-state index in [1.165, 1.54) is 12.8 Å². The fourth-order valence-electron chi connectivity index (χ4n) is 4.74. The zero-order chi connectivity index (χ0) is 19.1. The van der Waals surface area contributed by atoms with Gasteiger partial charge in [-0.2, -0.15) is 0 Å². The van der Waals surface area contributed by atoms with Gasteiger partial charge < -0.3 is 14.4 Å². The minimum atomic E-state index is -0.143. The molecular formula is C21H35N5O. The highest BCUT2D eigenvalue weighted by atomic mass is 16.2. The Labute approximate surface area is 163 Å². The van der Waals surface area contributed by atoms with Gasteiger partial charge in [0.25, 0.3) is 0 Å². The van der Waals surface area contributed by atoms with Crippen molar-refractivity contribution in [2.24, 2.45) is 5.92 Å². The van der Waals surface area contributed by atoms with Crippen LogP contribution in [-0.4, -0.2) is 76.5 Å². The summed E-state index contributed by atoms with van der Waals surface area (Å²) in [5.41, 5.74) is 2.30. The molecule has 150 valence electrons. The van der Waals surface area contributed by atoms with E-state index in [1.54, 1.807) is 0 Å². The molecule has 1 atom stereocenters. The molecule has 0 unspecified atom stereocenters. The summed E-state index contributed by atoms with van der Waals surface area (Å²) in [5, 5.41) is 0. The summed E-state index contributed by atoms with van der Waals surface area (Å²) >= 11 is 0. The van der Waals surface area contributed by atoms with E-state index < -0.39 is 0 Å². The quantitative estimate of drug-likeness (QED) is 0.795. The Morgan fingerprint density at radius 1 is 1.19 bits per heavy atom. The highest BCUT2D eigenvalue weighted by molar-refractivity contribution is 5.83. The summed E-state index contributed by atoms with van der Waals surface area (Å²) < 4.78 is 2.24. The molecule has 27 heavy (non-hydrogen) atoms. The molecule has 2 fully saturated rings. The monoisotopic (exact) mass is 373 g/mol. The normalized spacial score (nSPS) is 24.7. The summed E-state index contributed by atoms with van der Waals surface area (Å²) in [7, 11) is 4.29. The summed E-state index contributed by atoms with van der Waals surface area (Å²) in [4.78, 5) is 25.3. The van der Waals surface area contributed by atoms with Gasteiger partial charge in [-0.25, -0.2) is 4.98 Å². The first kappa shape index (κ1) is 18.9. The van der Waals surface area contributed by atoms with Crippen LogP contribution in [0.5, 0.6) is 0 Å². The molecule has 0 N–H and O–H groups in total. The van der Waals surface area contributed by atoms with Gasteiger partial charge in [0.15, 0.2) is 0 Å². The predicted molar refractivity (Wildman–Crippen MR) is 107 cm³/mol. The molecule has 1 aliphatic carbocycles. The van der Waals surface area contributed by atoms with Gasteiger partial charge in [0.05, 0.1) is 17.7 Å². The van der Waals surface area contributed by atoms with Crippen LogP contribution in [0.3, 0.4) is 0 Å². The van der Waals surface area contributed by atoms with Crippen LogP contribution in [0, 0.1) is 5.92 Å². The molecule has 2 aliphatic heterocycles. The van der Waals surface area contributed by atoms with Crippen LogP contribution in [0.15, 0.2) is 6.33 Å². The van der Waals surface area contributed by atoms with Gasteiger partial charge in [0.1, 0.15) is 6.04 Å². The maximum atomic E-state index is 13.7. The molecule has 1 saturated carbocycles. The summed E-state index contributed by atoms with van der Waals surface area (Å²) in [5.74, 6) is 1.09. The van der Waals surface area contributed by atoms with Crippen LogP contribution in [0.25, 0.3) is 0 Å². The molecule has 0 spiro atoms. The van der Waals surface area contributed by atoms with Crippen LogP contribution in [0.4, 0.5) is 0 Å². The Hall–Kier alpha value is -1.40. The molecule has 0 radical (unpaired) electrons. The van der Waals surface area contributed by atoms with Crippen molar-refractivity contribution in [3.63, 3.8) is 0 Å². The van der Waals surface area contributed by atoms with Crippen LogP contribution < -0.4 is 0 Å². The fourth-order valence-corrected chi connectivity index (χ4v) is 4.74. The van der Waals surface area contributed by atoms with Crippen molar-refractivity contribution in [1.82, 2.24) is 24.3 Å². The number of hydrogen-bond donors (Lipinski definition) is 0. The number of amides is 1. The molecule has 1 saturated heterocycles. The van der Waals surface area contributed by atoms with Gasteiger partial charge >= 0.3 is 0 Å². The maximum Gasteiger partial charge on any atom is 0.246 e. The number of rotatable bonds is 5. The second-order valence-corrected chi connectivity index (χ2v) is 9.19. The molecule has 6 nitrogen and oxygen atoms in total. The van der Waals surface area contributed by atoms with Crippen LogP contribution in [0.2, 0.25) is 0 Å². The lowest BCUT2D eigenvalue weighted by molar-refractivity contribution is -0.139. The molecule has 0 aromatic carbocycles. The lowest BCUT2D eigenvalue weighted by Gasteiger charge is -2.41. The number of piperidine rings is 1. The third-order valence-electron chi connectivity index (χ3n) is 6.66. The predicted octanol–water partition coefficient (Wildman–Crippen LogP) is 2.33. The van der Waals surface area contributed by atoms with Crippen molar-refractivity contribution < 1.29 is 4.79 Å². The van der Waals surface area contributed by atoms with Gasteiger partial charge in [-0.1, -0.05) is 0 Å². The highest BCUT2D eigenvalue weighted by Gasteiger charge is 2.41. The first-order valence-electron chi connectivity index (χ1n) is 10.7. The van der Waals surface area contributed by atoms with Crippen molar-refractivity contribution in [1.29, 1.82) is 0 Å². The van der Waals surface area contributed by atoms with Crippen molar-refractivity contribution in [2.75, 3.05) is 40.3 Å². The van der Waals surface area contributed by atoms with E-state index in [4.69, 9.17) is 0 Å². The van der Waals surface area contributed by atoms with Gasteiger partial charge in [0.2, 0.25) is 5.91 Å². The summed E-state index contributed by atoms with van der Waals surface area (Å²) in [6, 6.07) is 0.784. The minimum absolute atomic E-state index is 0.143. The first-order chi connectivity index (χ1) is 13.0. The average molecular weight is 374 g/mol. The number of carbonyl (C=O) groups excluding carboxylic acids is 1. The van der Waals surface area contributed by atoms with Gasteiger partial charge in [-0.05, 0) is 59.5 Å². The Balaban J connectivity index is 1.59. The molecule has 1 aromatic rings. The third-order valence-corrected chi connectivity index (χ3v) is 6.66. The van der Waals surface area contributed by atoms with E-state index in [-0.39, 0.29) is 6.04 Å². The number of hydrogen-bond acceptors (Lipinski definition) is 4. The van der Waals surface area contributed by atoms with Crippen molar-refractivity contribution in [3.05, 3.63) is 17.7 Å². The Kier molecular flexibility index (Phi) is 5.30. The van der Waals surface area contributed by atoms with Crippen LogP contribution >= 0.6 is 0 Å². The van der Waals surface area contributed by atoms with E-state index in [9.17, 15) is 4.79 Å². The van der Waals surface area contributed by atoms with E-state index in [0.29, 0.717) is 18.0 Å². The van der Waals surface area contributed by atoms with Crippen molar-refractivity contribution in [3.8, 4) is 0 Å². The Morgan fingerprint density at radius 2 is 1.89 bits per heavy atom. The topological polar surface area (TPSA) is 44.6 Å². The summed E-state index contributed by atoms with van der Waals surface area (Å²) in [6.45, 7) is 8.15. The molecular weight excluding hydrogens is 338 g/mol. The molecule has 0 bridgehead atoms. The molecule has 4 rings (SSSR count). The number of fused-ring (bicyclic) bond motifs is 1. The fraction of sp³-hybridized carbons (Fsp3) is 0.810. The van der Waals surface area contributed by atoms with E-state index in [0.717, 1.165) is 62.7 Å². The Morgan fingerprint density at radius 3 is 2.48 bits per heavy atom. The van der Waals surface area contributed by atoms with E-state index >= 15 is 0 Å². The zero-order valence-electron chi connectivity index (χ0n) is 17.4. The maximum absolute atomic E-state index is 13.7. The van der Waals surface area contributed by atoms with Crippen LogP contribution in [-0.2, 0) is 11.2 Å². The average Bonchev–Trinajstić information content (AvgIpc) is 3.36. The van der Waals surface area contributed by atoms with Gasteiger partial charge in [-0.15, -0.1) is 0 Å². The third kappa shape index (κ3) is 3.79. The largest absolute Gasteiger partial charge is 0.341 e. The lowest BCUT2D eigenvalue weighted by atomic mass is 9.97. The minimum Gasteiger partial charge on any atom is -0.341 e. The summed E-state index contributed by atoms with van der Waals surface area (Å²) in [6.07, 6.45) is 7.71. The van der Waals surface area contributed by atoms with E-state index in [2.05, 4.69) is 52.2 Å². The van der Waals surface area contributed by atoms with Crippen molar-refractivity contribution >= 4 is 5.91 Å². The Bertz CT molecular complexity index is 670. The van der Waals surface area contributed by atoms with Crippen LogP contribution in [0.1, 0.15) is 63.0 Å². The first-order valence-corrected chi connectivity index (χ1v) is 10.7. The molecule has 1 amide bonds. The number of carbonyl (C=O) groups is 1. The lowest BCUT2D eigenvalue weighted by Crippen LogP contribution is -2.51. The second kappa shape index (κ2) is 7.55. The SMILES string of the molecule is CC(C)n1cnc2c1[C@@H](C(=O)N1CCC(N(C)C)CC1)N(CC1CC1)CC2. The second-order valence-electron chi connectivity index (χ2n) is 9.19. The zero-order valence-corrected chi connectivity index (χ0v) is 17.4. The standard InChI is InChI=1S/C21H35N5O/c1-15(2)26-14-22-18-9-12-25(13-16-5-6-16)20(19(18)26)21(27)24-10-7-17(8-11-24)23(3)4/h14-17,20H,5-13H2,1-4H3/t20-/m0/s1. The van der Waals surface area contributed by atoms with E-state index in [1.807, 2.05) is 6.33 Å². The number of aromatic nitrogens is 2. The molecule has 3 heterocycles. The number of imidazole rings is 1. The molecule has 6 heteroatoms. The highest BCUT2D eigenvalue weighted by Crippen LogP contribution is 2.38. The van der Waals surface area contributed by atoms with Gasteiger partial charge in [0, 0.05) is 44.7 Å². The van der Waals surface area contributed by atoms with Gasteiger partial charge in [-0.3, -0.25) is 9.69 Å². The smallest absolute Gasteiger partial charge is 0.246 e.